The molecule has 0 amide bonds. The molecule has 1 aliphatic rings. The van der Waals surface area contributed by atoms with Crippen LogP contribution in [0.5, 0.6) is 17.2 Å². The summed E-state index contributed by atoms with van der Waals surface area (Å²) >= 11 is 0. The fourth-order valence-corrected chi connectivity index (χ4v) is 2.42. The normalized spacial score (nSPS) is 19.5. The Balaban J connectivity index is 2.06. The molecule has 0 bridgehead atoms. The summed E-state index contributed by atoms with van der Waals surface area (Å²) in [4.78, 5) is 0. The van der Waals surface area contributed by atoms with Gasteiger partial charge in [-0.2, -0.15) is 0 Å². The summed E-state index contributed by atoms with van der Waals surface area (Å²) in [5, 5.41) is 22.1. The lowest BCUT2D eigenvalue weighted by molar-refractivity contribution is 0.139. The summed E-state index contributed by atoms with van der Waals surface area (Å²) in [5.74, 6) is -0.510. The highest BCUT2D eigenvalue weighted by Gasteiger charge is 2.37. The minimum Gasteiger partial charge on any atom is -0.508 e. The molecule has 0 spiro atoms. The van der Waals surface area contributed by atoms with Crippen LogP contribution in [0.25, 0.3) is 6.08 Å². The van der Waals surface area contributed by atoms with Crippen LogP contribution in [-0.4, -0.2) is 10.2 Å². The Kier molecular flexibility index (Phi) is 2.79. The summed E-state index contributed by atoms with van der Waals surface area (Å²) in [6.07, 6.45) is 1.57. The summed E-state index contributed by atoms with van der Waals surface area (Å²) in [7, 11) is 0. The smallest absolute Gasteiger partial charge is 0.204 e. The van der Waals surface area contributed by atoms with E-state index in [1.54, 1.807) is 19.1 Å². The molecule has 21 heavy (non-hydrogen) atoms. The fraction of sp³-hybridized carbons (Fsp3) is 0.125. The first kappa shape index (κ1) is 13.3. The lowest BCUT2D eigenvalue weighted by atomic mass is 10.0. The van der Waals surface area contributed by atoms with Crippen LogP contribution in [0.2, 0.25) is 0 Å². The van der Waals surface area contributed by atoms with Gasteiger partial charge in [-0.1, -0.05) is 12.7 Å². The quantitative estimate of drug-likeness (QED) is 0.790. The third kappa shape index (κ3) is 2.07. The van der Waals surface area contributed by atoms with Gasteiger partial charge in [0.2, 0.25) is 5.72 Å². The van der Waals surface area contributed by atoms with E-state index in [4.69, 9.17) is 4.74 Å². The molecule has 0 aromatic heterocycles. The fourth-order valence-electron chi connectivity index (χ4n) is 2.42. The van der Waals surface area contributed by atoms with E-state index >= 15 is 0 Å². The molecule has 4 nitrogen and oxygen atoms in total. The molecule has 108 valence electrons. The van der Waals surface area contributed by atoms with Crippen molar-refractivity contribution in [1.82, 2.24) is 0 Å². The van der Waals surface area contributed by atoms with Gasteiger partial charge in [-0.25, -0.2) is 4.39 Å². The van der Waals surface area contributed by atoms with Crippen LogP contribution in [0.15, 0.2) is 36.9 Å². The zero-order chi connectivity index (χ0) is 15.2. The molecule has 1 atom stereocenters. The van der Waals surface area contributed by atoms with Crippen LogP contribution in [0.3, 0.4) is 0 Å². The van der Waals surface area contributed by atoms with Crippen LogP contribution >= 0.6 is 0 Å². The number of hydrogen-bond acceptors (Lipinski definition) is 4. The second-order valence-corrected chi connectivity index (χ2v) is 5.04. The summed E-state index contributed by atoms with van der Waals surface area (Å²) in [6.45, 7) is 5.42. The zero-order valence-electron chi connectivity index (χ0n) is 11.4. The minimum absolute atomic E-state index is 0.0842. The number of anilines is 1. The predicted molar refractivity (Wildman–Crippen MR) is 77.9 cm³/mol. The topological polar surface area (TPSA) is 61.7 Å². The van der Waals surface area contributed by atoms with Gasteiger partial charge in [-0.3, -0.25) is 0 Å². The van der Waals surface area contributed by atoms with Gasteiger partial charge in [0.15, 0.2) is 17.3 Å². The summed E-state index contributed by atoms with van der Waals surface area (Å²) < 4.78 is 19.5. The molecule has 0 fully saturated rings. The average Bonchev–Trinajstić information content (AvgIpc) is 2.78. The van der Waals surface area contributed by atoms with Crippen molar-refractivity contribution in [3.05, 3.63) is 53.9 Å². The SMILES string of the molecule is C=Cc1cc(O)cc2c1OC(C)(c1ccc(O)c(F)c1)N2. The lowest BCUT2D eigenvalue weighted by Crippen LogP contribution is -2.33. The van der Waals surface area contributed by atoms with E-state index in [2.05, 4.69) is 11.9 Å². The molecule has 1 unspecified atom stereocenters. The van der Waals surface area contributed by atoms with E-state index in [0.29, 0.717) is 22.6 Å². The number of benzene rings is 2. The number of rotatable bonds is 2. The first-order valence-corrected chi connectivity index (χ1v) is 6.38. The Morgan fingerprint density at radius 1 is 1.29 bits per heavy atom. The van der Waals surface area contributed by atoms with Crippen molar-refractivity contribution < 1.29 is 19.3 Å². The largest absolute Gasteiger partial charge is 0.508 e. The van der Waals surface area contributed by atoms with Gasteiger partial charge in [0.05, 0.1) is 5.69 Å². The van der Waals surface area contributed by atoms with Crippen LogP contribution in [0.4, 0.5) is 10.1 Å². The van der Waals surface area contributed by atoms with Crippen molar-refractivity contribution in [2.24, 2.45) is 0 Å². The number of halogens is 1. The van der Waals surface area contributed by atoms with E-state index in [-0.39, 0.29) is 5.75 Å². The first-order valence-electron chi connectivity index (χ1n) is 6.38. The molecule has 0 saturated heterocycles. The Bertz CT molecular complexity index is 745. The highest BCUT2D eigenvalue weighted by Crippen LogP contribution is 2.46. The number of ether oxygens (including phenoxy) is 1. The van der Waals surface area contributed by atoms with Gasteiger partial charge < -0.3 is 20.3 Å². The highest BCUT2D eigenvalue weighted by atomic mass is 19.1. The molecular formula is C16H14FNO3. The van der Waals surface area contributed by atoms with E-state index in [9.17, 15) is 14.6 Å². The average molecular weight is 287 g/mol. The number of fused-ring (bicyclic) bond motifs is 1. The van der Waals surface area contributed by atoms with Crippen molar-refractivity contribution in [2.45, 2.75) is 12.6 Å². The van der Waals surface area contributed by atoms with Crippen molar-refractivity contribution in [2.75, 3.05) is 5.32 Å². The highest BCUT2D eigenvalue weighted by molar-refractivity contribution is 5.74. The van der Waals surface area contributed by atoms with Crippen LogP contribution in [-0.2, 0) is 5.72 Å². The molecule has 0 saturated carbocycles. The molecule has 2 aromatic rings. The van der Waals surface area contributed by atoms with Gasteiger partial charge in [-0.15, -0.1) is 0 Å². The molecule has 0 aliphatic carbocycles. The molecule has 3 rings (SSSR count). The number of nitrogens with one attached hydrogen (secondary N) is 1. The number of hydrogen-bond donors (Lipinski definition) is 3. The van der Waals surface area contributed by atoms with E-state index in [1.807, 2.05) is 0 Å². The number of phenols is 2. The zero-order valence-corrected chi connectivity index (χ0v) is 11.4. The van der Waals surface area contributed by atoms with Crippen LogP contribution in [0, 0.1) is 5.82 Å². The Morgan fingerprint density at radius 3 is 2.71 bits per heavy atom. The van der Waals surface area contributed by atoms with E-state index in [0.717, 1.165) is 0 Å². The van der Waals surface area contributed by atoms with Gasteiger partial charge in [0, 0.05) is 17.2 Å². The molecule has 5 heteroatoms. The standard InChI is InChI=1S/C16H14FNO3/c1-3-9-6-11(19)8-13-15(9)21-16(2,18-13)10-4-5-14(20)12(17)7-10/h3-8,18-20H,1H2,2H3. The Labute approximate surface area is 121 Å². The summed E-state index contributed by atoms with van der Waals surface area (Å²) in [6, 6.07) is 7.13. The van der Waals surface area contributed by atoms with Gasteiger partial charge in [0.25, 0.3) is 0 Å². The lowest BCUT2D eigenvalue weighted by Gasteiger charge is -2.25. The molecular weight excluding hydrogens is 273 g/mol. The van der Waals surface area contributed by atoms with Crippen molar-refractivity contribution in [1.29, 1.82) is 0 Å². The number of aromatic hydroxyl groups is 2. The van der Waals surface area contributed by atoms with E-state index < -0.39 is 17.3 Å². The van der Waals surface area contributed by atoms with Crippen molar-refractivity contribution in [3.8, 4) is 17.2 Å². The second kappa shape index (κ2) is 4.41. The van der Waals surface area contributed by atoms with Gasteiger partial charge >= 0.3 is 0 Å². The van der Waals surface area contributed by atoms with Gasteiger partial charge in [-0.05, 0) is 31.2 Å². The summed E-state index contributed by atoms with van der Waals surface area (Å²) in [5.41, 5.74) is 0.757. The third-order valence-electron chi connectivity index (χ3n) is 3.50. The van der Waals surface area contributed by atoms with Crippen LogP contribution < -0.4 is 10.1 Å². The third-order valence-corrected chi connectivity index (χ3v) is 3.50. The molecule has 1 heterocycles. The number of phenolic OH excluding ortho intramolecular Hbond substituents is 2. The maximum absolute atomic E-state index is 13.6. The van der Waals surface area contributed by atoms with Crippen LogP contribution in [0.1, 0.15) is 18.1 Å². The first-order chi connectivity index (χ1) is 9.93. The van der Waals surface area contributed by atoms with E-state index in [1.165, 1.54) is 24.3 Å². The maximum atomic E-state index is 13.6. The molecule has 2 aromatic carbocycles. The Morgan fingerprint density at radius 2 is 2.05 bits per heavy atom. The molecule has 0 radical (unpaired) electrons. The maximum Gasteiger partial charge on any atom is 0.204 e. The second-order valence-electron chi connectivity index (χ2n) is 5.04. The molecule has 3 N–H and O–H groups in total. The van der Waals surface area contributed by atoms with Gasteiger partial charge in [0.1, 0.15) is 5.75 Å². The van der Waals surface area contributed by atoms with Crippen molar-refractivity contribution >= 4 is 11.8 Å². The monoisotopic (exact) mass is 287 g/mol. The van der Waals surface area contributed by atoms with Crippen molar-refractivity contribution in [3.63, 3.8) is 0 Å². The molecule has 1 aliphatic heterocycles. The predicted octanol–water partition coefficient (Wildman–Crippen LogP) is 3.56. The Hall–Kier alpha value is -2.69. The minimum atomic E-state index is -0.998.